The van der Waals surface area contributed by atoms with Crippen molar-refractivity contribution in [2.45, 2.75) is 40.7 Å². The summed E-state index contributed by atoms with van der Waals surface area (Å²) in [5.41, 5.74) is 1.39. The molecule has 0 radical (unpaired) electrons. The molecule has 5 unspecified atom stereocenters. The Kier molecular flexibility index (Phi) is 3.39. The van der Waals surface area contributed by atoms with Crippen LogP contribution < -0.4 is 0 Å². The van der Waals surface area contributed by atoms with Gasteiger partial charge in [0.2, 0.25) is 0 Å². The van der Waals surface area contributed by atoms with Crippen molar-refractivity contribution in [2.75, 3.05) is 13.2 Å². The van der Waals surface area contributed by atoms with Gasteiger partial charge in [0.15, 0.2) is 0 Å². The van der Waals surface area contributed by atoms with Crippen LogP contribution >= 0.6 is 0 Å². The van der Waals surface area contributed by atoms with E-state index in [1.807, 2.05) is 0 Å². The minimum Gasteiger partial charge on any atom is -0.396 e. The lowest BCUT2D eigenvalue weighted by Crippen LogP contribution is -2.57. The van der Waals surface area contributed by atoms with Crippen molar-refractivity contribution in [3.05, 3.63) is 11.6 Å². The molecule has 0 amide bonds. The Morgan fingerprint density at radius 2 is 2.12 bits per heavy atom. The van der Waals surface area contributed by atoms with Crippen LogP contribution in [0.3, 0.4) is 0 Å². The van der Waals surface area contributed by atoms with Gasteiger partial charge in [0.1, 0.15) is 0 Å². The molecule has 1 aliphatic carbocycles. The zero-order chi connectivity index (χ0) is 12.8. The number of aliphatic hydroxyl groups excluding tert-OH is 1. The summed E-state index contributed by atoms with van der Waals surface area (Å²) in [6.07, 6.45) is 2.67. The Bertz CT molecular complexity index is 321. The Morgan fingerprint density at radius 1 is 1.47 bits per heavy atom. The molecular weight excluding hydrogens is 212 g/mol. The summed E-state index contributed by atoms with van der Waals surface area (Å²) in [7, 11) is 0. The minimum atomic E-state index is -0.0600. The lowest BCUT2D eigenvalue weighted by Gasteiger charge is -2.55. The number of ether oxygens (including phenoxy) is 1. The van der Waals surface area contributed by atoms with E-state index in [1.54, 1.807) is 0 Å². The lowest BCUT2D eigenvalue weighted by molar-refractivity contribution is -0.174. The molecule has 98 valence electrons. The highest BCUT2D eigenvalue weighted by atomic mass is 16.5. The molecule has 0 saturated carbocycles. The average Bonchev–Trinajstić information content (AvgIpc) is 2.26. The quantitative estimate of drug-likeness (QED) is 0.750. The predicted molar refractivity (Wildman–Crippen MR) is 69.7 cm³/mol. The highest BCUT2D eigenvalue weighted by molar-refractivity contribution is 5.21. The predicted octanol–water partition coefficient (Wildman–Crippen LogP) is 2.87. The average molecular weight is 238 g/mol. The van der Waals surface area contributed by atoms with Crippen LogP contribution in [0.15, 0.2) is 11.6 Å². The van der Waals surface area contributed by atoms with Crippen molar-refractivity contribution >= 4 is 0 Å². The molecule has 2 aliphatic rings. The van der Waals surface area contributed by atoms with E-state index >= 15 is 0 Å². The second-order valence-corrected chi connectivity index (χ2v) is 6.42. The summed E-state index contributed by atoms with van der Waals surface area (Å²) in [6, 6.07) is 0. The number of rotatable bonds is 2. The summed E-state index contributed by atoms with van der Waals surface area (Å²) < 4.78 is 6.11. The third kappa shape index (κ3) is 1.77. The molecule has 1 aliphatic heterocycles. The highest BCUT2D eigenvalue weighted by Crippen LogP contribution is 2.53. The maximum Gasteiger partial charge on any atom is 0.0666 e. The van der Waals surface area contributed by atoms with Crippen LogP contribution in [0.5, 0.6) is 0 Å². The van der Waals surface area contributed by atoms with E-state index in [0.29, 0.717) is 36.4 Å². The maximum absolute atomic E-state index is 9.84. The van der Waals surface area contributed by atoms with E-state index < -0.39 is 0 Å². The molecule has 1 heterocycles. The van der Waals surface area contributed by atoms with Crippen molar-refractivity contribution in [1.29, 1.82) is 0 Å². The Morgan fingerprint density at radius 3 is 2.65 bits per heavy atom. The van der Waals surface area contributed by atoms with Crippen LogP contribution in [0.1, 0.15) is 34.6 Å². The smallest absolute Gasteiger partial charge is 0.0666 e. The van der Waals surface area contributed by atoms with Gasteiger partial charge in [-0.05, 0) is 24.7 Å². The molecule has 2 rings (SSSR count). The lowest BCUT2D eigenvalue weighted by atomic mass is 9.55. The largest absolute Gasteiger partial charge is 0.396 e. The molecule has 5 atom stereocenters. The van der Waals surface area contributed by atoms with Gasteiger partial charge in [0, 0.05) is 11.3 Å². The van der Waals surface area contributed by atoms with E-state index in [9.17, 15) is 5.11 Å². The summed E-state index contributed by atoms with van der Waals surface area (Å²) >= 11 is 0. The summed E-state index contributed by atoms with van der Waals surface area (Å²) in [6.45, 7) is 12.1. The zero-order valence-corrected chi connectivity index (χ0v) is 11.7. The number of aliphatic hydroxyl groups is 1. The van der Waals surface area contributed by atoms with E-state index in [1.165, 1.54) is 5.57 Å². The van der Waals surface area contributed by atoms with E-state index in [2.05, 4.69) is 40.7 Å². The van der Waals surface area contributed by atoms with Gasteiger partial charge < -0.3 is 9.84 Å². The third-order valence-corrected chi connectivity index (χ3v) is 5.24. The molecule has 0 aromatic rings. The Labute approximate surface area is 105 Å². The van der Waals surface area contributed by atoms with Crippen LogP contribution in [0.2, 0.25) is 0 Å². The number of allylic oxidation sites excluding steroid dienone is 1. The van der Waals surface area contributed by atoms with Crippen LogP contribution in [-0.2, 0) is 4.74 Å². The van der Waals surface area contributed by atoms with Crippen molar-refractivity contribution < 1.29 is 9.84 Å². The molecule has 1 saturated heterocycles. The van der Waals surface area contributed by atoms with Crippen LogP contribution in [0.25, 0.3) is 0 Å². The maximum atomic E-state index is 9.84. The summed E-state index contributed by atoms with van der Waals surface area (Å²) in [5, 5.41) is 9.84. The fourth-order valence-corrected chi connectivity index (χ4v) is 3.94. The van der Waals surface area contributed by atoms with Crippen LogP contribution in [-0.4, -0.2) is 24.4 Å². The minimum absolute atomic E-state index is 0.0600. The first-order valence-corrected chi connectivity index (χ1v) is 6.85. The molecule has 2 nitrogen and oxygen atoms in total. The van der Waals surface area contributed by atoms with Crippen molar-refractivity contribution in [3.63, 3.8) is 0 Å². The molecular formula is C15H26O2. The van der Waals surface area contributed by atoms with Crippen LogP contribution in [0.4, 0.5) is 0 Å². The second-order valence-electron chi connectivity index (χ2n) is 6.42. The van der Waals surface area contributed by atoms with Crippen molar-refractivity contribution in [3.8, 4) is 0 Å². The fraction of sp³-hybridized carbons (Fsp3) is 0.867. The monoisotopic (exact) mass is 238 g/mol. The normalized spacial score (nSPS) is 45.9. The van der Waals surface area contributed by atoms with Gasteiger partial charge in [-0.25, -0.2) is 0 Å². The second kappa shape index (κ2) is 4.40. The Balaban J connectivity index is 2.41. The standard InChI is InChI=1S/C15H26O2/c1-9(2)14-13-10(3)6-11(4)15(7-16,8-17-14)12(13)5/h6,9,11-14,16H,7-8H2,1-5H3. The van der Waals surface area contributed by atoms with E-state index in [0.717, 1.165) is 0 Å². The van der Waals surface area contributed by atoms with Gasteiger partial charge in [-0.15, -0.1) is 0 Å². The molecule has 2 bridgehead atoms. The summed E-state index contributed by atoms with van der Waals surface area (Å²) in [4.78, 5) is 0. The Hall–Kier alpha value is -0.340. The molecule has 0 spiro atoms. The van der Waals surface area contributed by atoms with E-state index in [-0.39, 0.29) is 12.0 Å². The van der Waals surface area contributed by atoms with Crippen molar-refractivity contribution in [2.24, 2.45) is 29.1 Å². The molecule has 1 N–H and O–H groups in total. The van der Waals surface area contributed by atoms with Gasteiger partial charge in [0.05, 0.1) is 19.3 Å². The topological polar surface area (TPSA) is 29.5 Å². The van der Waals surface area contributed by atoms with E-state index in [4.69, 9.17) is 4.74 Å². The van der Waals surface area contributed by atoms with Gasteiger partial charge in [0.25, 0.3) is 0 Å². The zero-order valence-electron chi connectivity index (χ0n) is 11.7. The molecule has 17 heavy (non-hydrogen) atoms. The van der Waals surface area contributed by atoms with Gasteiger partial charge >= 0.3 is 0 Å². The van der Waals surface area contributed by atoms with Crippen molar-refractivity contribution in [1.82, 2.24) is 0 Å². The van der Waals surface area contributed by atoms with Gasteiger partial charge in [-0.3, -0.25) is 0 Å². The molecule has 0 aromatic heterocycles. The third-order valence-electron chi connectivity index (χ3n) is 5.24. The fourth-order valence-electron chi connectivity index (χ4n) is 3.94. The summed E-state index contributed by atoms with van der Waals surface area (Å²) in [5.74, 6) is 1.93. The first-order chi connectivity index (χ1) is 7.94. The molecule has 2 heteroatoms. The number of fused-ring (bicyclic) bond motifs is 2. The number of hydrogen-bond donors (Lipinski definition) is 1. The highest BCUT2D eigenvalue weighted by Gasteiger charge is 2.53. The van der Waals surface area contributed by atoms with Gasteiger partial charge in [-0.2, -0.15) is 0 Å². The van der Waals surface area contributed by atoms with Gasteiger partial charge in [-0.1, -0.05) is 39.3 Å². The molecule has 0 aromatic carbocycles. The first-order valence-electron chi connectivity index (χ1n) is 6.85. The number of hydrogen-bond acceptors (Lipinski definition) is 2. The van der Waals surface area contributed by atoms with Crippen LogP contribution in [0, 0.1) is 29.1 Å². The molecule has 1 fully saturated rings. The first kappa shape index (κ1) is 13.1. The SMILES string of the molecule is CC1=CC(C)C2(CO)COC(C(C)C)C1C2C.